The average molecular weight is 366 g/mol. The van der Waals surface area contributed by atoms with Crippen molar-refractivity contribution in [2.24, 2.45) is 5.10 Å². The van der Waals surface area contributed by atoms with Crippen molar-refractivity contribution in [2.45, 2.75) is 0 Å². The van der Waals surface area contributed by atoms with Crippen LogP contribution in [0.25, 0.3) is 21.8 Å². The van der Waals surface area contributed by atoms with Crippen molar-refractivity contribution < 1.29 is 0 Å². The first-order chi connectivity index (χ1) is 12.2. The zero-order valence-electron chi connectivity index (χ0n) is 13.1. The highest BCUT2D eigenvalue weighted by molar-refractivity contribution is 6.43. The van der Waals surface area contributed by atoms with Gasteiger partial charge in [0.15, 0.2) is 0 Å². The number of para-hydroxylation sites is 2. The first kappa shape index (κ1) is 15.9. The van der Waals surface area contributed by atoms with Gasteiger partial charge in [-0.3, -0.25) is 5.43 Å². The molecule has 4 aromatic rings. The van der Waals surface area contributed by atoms with Crippen LogP contribution < -0.4 is 5.43 Å². The second-order valence-corrected chi connectivity index (χ2v) is 6.32. The molecule has 0 saturated carbocycles. The summed E-state index contributed by atoms with van der Waals surface area (Å²) < 4.78 is 0. The number of fused-ring (bicyclic) bond motifs is 2. The molecule has 3 aromatic carbocycles. The van der Waals surface area contributed by atoms with Gasteiger partial charge in [0.1, 0.15) is 0 Å². The highest BCUT2D eigenvalue weighted by atomic mass is 35.5. The molecule has 0 aliphatic rings. The van der Waals surface area contributed by atoms with Crippen LogP contribution in [0.15, 0.2) is 71.8 Å². The Balaban J connectivity index is 1.79. The Morgan fingerprint density at radius 1 is 0.800 bits per heavy atom. The molecule has 1 N–H and O–H groups in total. The van der Waals surface area contributed by atoms with Crippen molar-refractivity contribution in [1.82, 2.24) is 4.98 Å². The highest BCUT2D eigenvalue weighted by Crippen LogP contribution is 2.30. The third-order valence-electron chi connectivity index (χ3n) is 3.95. The van der Waals surface area contributed by atoms with E-state index in [0.717, 1.165) is 33.1 Å². The lowest BCUT2D eigenvalue weighted by Gasteiger charge is -2.10. The van der Waals surface area contributed by atoms with Crippen LogP contribution in [0.5, 0.6) is 0 Å². The third kappa shape index (κ3) is 3.04. The van der Waals surface area contributed by atoms with Crippen LogP contribution in [0.4, 0.5) is 5.69 Å². The lowest BCUT2D eigenvalue weighted by atomic mass is 10.1. The van der Waals surface area contributed by atoms with Crippen LogP contribution in [-0.4, -0.2) is 11.2 Å². The average Bonchev–Trinajstić information content (AvgIpc) is 2.64. The Kier molecular flexibility index (Phi) is 4.26. The number of aromatic nitrogens is 1. The molecule has 3 nitrogen and oxygen atoms in total. The minimum Gasteiger partial charge on any atom is -0.277 e. The van der Waals surface area contributed by atoms with E-state index in [4.69, 9.17) is 28.2 Å². The maximum absolute atomic E-state index is 6.20. The highest BCUT2D eigenvalue weighted by Gasteiger charge is 2.08. The number of rotatable bonds is 3. The Morgan fingerprint density at radius 3 is 2.12 bits per heavy atom. The summed E-state index contributed by atoms with van der Waals surface area (Å²) in [5.41, 5.74) is 6.65. The van der Waals surface area contributed by atoms with E-state index in [9.17, 15) is 0 Å². The molecule has 1 heterocycles. The molecular weight excluding hydrogens is 353 g/mol. The van der Waals surface area contributed by atoms with Crippen LogP contribution in [0, 0.1) is 0 Å². The fraction of sp³-hybridized carbons (Fsp3) is 0. The van der Waals surface area contributed by atoms with E-state index in [0.29, 0.717) is 10.0 Å². The molecule has 4 rings (SSSR count). The second kappa shape index (κ2) is 6.71. The molecule has 0 spiro atoms. The van der Waals surface area contributed by atoms with E-state index in [-0.39, 0.29) is 0 Å². The number of hydrazone groups is 1. The van der Waals surface area contributed by atoms with Crippen molar-refractivity contribution in [3.8, 4) is 0 Å². The molecule has 0 aliphatic heterocycles. The number of nitrogens with one attached hydrogen (secondary N) is 1. The molecule has 0 unspecified atom stereocenters. The van der Waals surface area contributed by atoms with Gasteiger partial charge in [-0.1, -0.05) is 71.7 Å². The standard InChI is InChI=1S/C20H13Cl2N3/c21-16-9-5-6-13(19(16)22)12-23-25-20-14-7-1-3-10-17(14)24-18-11-4-2-8-15(18)20/h1-12H,(H,24,25)/b23-12+. The van der Waals surface area contributed by atoms with Crippen LogP contribution in [0.2, 0.25) is 10.0 Å². The monoisotopic (exact) mass is 365 g/mol. The van der Waals surface area contributed by atoms with Gasteiger partial charge >= 0.3 is 0 Å². The van der Waals surface area contributed by atoms with Crippen molar-refractivity contribution in [3.63, 3.8) is 0 Å². The maximum Gasteiger partial charge on any atom is 0.0749 e. The molecular formula is C20H13Cl2N3. The summed E-state index contributed by atoms with van der Waals surface area (Å²) >= 11 is 12.2. The van der Waals surface area contributed by atoms with Gasteiger partial charge in [-0.2, -0.15) is 5.10 Å². The SMILES string of the molecule is Clc1cccc(/C=N/Nc2c3ccccc3nc3ccccc23)c1Cl. The van der Waals surface area contributed by atoms with Gasteiger partial charge in [0.2, 0.25) is 0 Å². The molecule has 0 fully saturated rings. The van der Waals surface area contributed by atoms with Crippen molar-refractivity contribution in [2.75, 3.05) is 5.43 Å². The molecule has 122 valence electrons. The van der Waals surface area contributed by atoms with Crippen LogP contribution >= 0.6 is 23.2 Å². The molecule has 0 bridgehead atoms. The summed E-state index contributed by atoms with van der Waals surface area (Å²) in [7, 11) is 0. The predicted octanol–water partition coefficient (Wildman–Crippen LogP) is 6.14. The topological polar surface area (TPSA) is 37.3 Å². The van der Waals surface area contributed by atoms with Crippen molar-refractivity contribution in [1.29, 1.82) is 0 Å². The summed E-state index contributed by atoms with van der Waals surface area (Å²) in [6.45, 7) is 0. The minimum atomic E-state index is 0.485. The molecule has 0 atom stereocenters. The van der Waals surface area contributed by atoms with E-state index in [1.165, 1.54) is 0 Å². The fourth-order valence-corrected chi connectivity index (χ4v) is 3.10. The van der Waals surface area contributed by atoms with E-state index >= 15 is 0 Å². The zero-order chi connectivity index (χ0) is 17.2. The maximum atomic E-state index is 6.20. The molecule has 1 aromatic heterocycles. The second-order valence-electron chi connectivity index (χ2n) is 5.53. The molecule has 0 amide bonds. The van der Waals surface area contributed by atoms with Crippen molar-refractivity contribution in [3.05, 3.63) is 82.3 Å². The first-order valence-electron chi connectivity index (χ1n) is 7.74. The lowest BCUT2D eigenvalue weighted by Crippen LogP contribution is -1.95. The first-order valence-corrected chi connectivity index (χ1v) is 8.50. The van der Waals surface area contributed by atoms with Gasteiger partial charge in [-0.15, -0.1) is 0 Å². The molecule has 0 radical (unpaired) electrons. The number of anilines is 1. The Bertz CT molecular complexity index is 1050. The number of nitrogens with zero attached hydrogens (tertiary/aromatic N) is 2. The smallest absolute Gasteiger partial charge is 0.0749 e. The van der Waals surface area contributed by atoms with Gasteiger partial charge in [-0.25, -0.2) is 4.98 Å². The number of halogens is 2. The Labute approximate surface area is 154 Å². The van der Waals surface area contributed by atoms with E-state index < -0.39 is 0 Å². The quantitative estimate of drug-likeness (QED) is 0.269. The normalized spacial score (nSPS) is 11.4. The molecule has 0 saturated heterocycles. The van der Waals surface area contributed by atoms with Gasteiger partial charge in [-0.05, 0) is 18.2 Å². The zero-order valence-corrected chi connectivity index (χ0v) is 14.6. The predicted molar refractivity (Wildman–Crippen MR) is 107 cm³/mol. The minimum absolute atomic E-state index is 0.485. The van der Waals surface area contributed by atoms with Crippen LogP contribution in [0.1, 0.15) is 5.56 Å². The van der Waals surface area contributed by atoms with Gasteiger partial charge < -0.3 is 0 Å². The summed E-state index contributed by atoms with van der Waals surface area (Å²) in [6, 6.07) is 21.4. The lowest BCUT2D eigenvalue weighted by molar-refractivity contribution is 1.36. The third-order valence-corrected chi connectivity index (χ3v) is 4.78. The summed E-state index contributed by atoms with van der Waals surface area (Å²) in [6.07, 6.45) is 1.66. The molecule has 25 heavy (non-hydrogen) atoms. The van der Waals surface area contributed by atoms with Crippen LogP contribution in [-0.2, 0) is 0 Å². The van der Waals surface area contributed by atoms with Crippen molar-refractivity contribution >= 4 is 56.9 Å². The van der Waals surface area contributed by atoms with Gasteiger partial charge in [0, 0.05) is 16.3 Å². The van der Waals surface area contributed by atoms with Gasteiger partial charge in [0.25, 0.3) is 0 Å². The summed E-state index contributed by atoms with van der Waals surface area (Å²) in [4.78, 5) is 4.70. The summed E-state index contributed by atoms with van der Waals surface area (Å²) in [5, 5.41) is 7.38. The molecule has 5 heteroatoms. The van der Waals surface area contributed by atoms with E-state index in [1.807, 2.05) is 60.7 Å². The number of pyridine rings is 1. The Morgan fingerprint density at radius 2 is 1.44 bits per heavy atom. The number of hydrogen-bond donors (Lipinski definition) is 1. The largest absolute Gasteiger partial charge is 0.277 e. The number of hydrogen-bond acceptors (Lipinski definition) is 3. The van der Waals surface area contributed by atoms with Crippen LogP contribution in [0.3, 0.4) is 0 Å². The van der Waals surface area contributed by atoms with E-state index in [2.05, 4.69) is 10.5 Å². The Hall–Kier alpha value is -2.62. The fourth-order valence-electron chi connectivity index (χ4n) is 2.75. The number of benzene rings is 3. The van der Waals surface area contributed by atoms with E-state index in [1.54, 1.807) is 12.3 Å². The van der Waals surface area contributed by atoms with Gasteiger partial charge in [0.05, 0.1) is 33.0 Å². The molecule has 0 aliphatic carbocycles. The summed E-state index contributed by atoms with van der Waals surface area (Å²) in [5.74, 6) is 0.